The maximum Gasteiger partial charge on any atom is 0.111 e. The van der Waals surface area contributed by atoms with Crippen LogP contribution < -0.4 is 5.32 Å². The van der Waals surface area contributed by atoms with Crippen LogP contribution in [-0.2, 0) is 0 Å². The number of hydrogen-bond acceptors (Lipinski definition) is 3. The molecule has 1 fully saturated rings. The molecule has 0 unspecified atom stereocenters. The number of hydrogen-bond donors (Lipinski definition) is 1. The normalized spacial score (nSPS) is 25.8. The van der Waals surface area contributed by atoms with Gasteiger partial charge in [0.15, 0.2) is 0 Å². The summed E-state index contributed by atoms with van der Waals surface area (Å²) < 4.78 is 0. The molecule has 42 valence electrons. The lowest BCUT2D eigenvalue weighted by Gasteiger charge is -1.79. The van der Waals surface area contributed by atoms with E-state index in [0.717, 1.165) is 6.54 Å². The Morgan fingerprint density at radius 2 is 2.75 bits per heavy atom. The van der Waals surface area contributed by atoms with Gasteiger partial charge in [-0.1, -0.05) is 0 Å². The molecule has 1 aliphatic rings. The molecule has 1 atom stereocenters. The highest BCUT2D eigenvalue weighted by Crippen LogP contribution is 2.22. The summed E-state index contributed by atoms with van der Waals surface area (Å²) in [6.07, 6.45) is 1.85. The first-order valence-electron chi connectivity index (χ1n) is 2.59. The maximum absolute atomic E-state index is 4.13. The zero-order chi connectivity index (χ0) is 5.40. The Morgan fingerprint density at radius 3 is 3.25 bits per heavy atom. The molecule has 1 N–H and O–H groups in total. The lowest BCUT2D eigenvalue weighted by atomic mass is 10.5. The Balaban J connectivity index is 2.28. The molecule has 0 bridgehead atoms. The van der Waals surface area contributed by atoms with Crippen molar-refractivity contribution in [3.05, 3.63) is 16.6 Å². The van der Waals surface area contributed by atoms with E-state index in [4.69, 9.17) is 0 Å². The average Bonchev–Trinajstić information content (AvgIpc) is 2.49. The fourth-order valence-electron chi connectivity index (χ4n) is 0.640. The zero-order valence-electron chi connectivity index (χ0n) is 4.29. The van der Waals surface area contributed by atoms with Crippen molar-refractivity contribution in [2.75, 3.05) is 6.54 Å². The van der Waals surface area contributed by atoms with Gasteiger partial charge in [0.05, 0.1) is 6.04 Å². The molecule has 8 heavy (non-hydrogen) atoms. The molecule has 0 radical (unpaired) electrons. The molecule has 0 saturated carbocycles. The Kier molecular flexibility index (Phi) is 0.856. The lowest BCUT2D eigenvalue weighted by molar-refractivity contribution is 1.04. The van der Waals surface area contributed by atoms with Crippen molar-refractivity contribution in [1.29, 1.82) is 0 Å². The monoisotopic (exact) mass is 126 g/mol. The highest BCUT2D eigenvalue weighted by molar-refractivity contribution is 7.09. The maximum atomic E-state index is 4.13. The number of nitrogens with zero attached hydrogens (tertiary/aromatic N) is 1. The summed E-state index contributed by atoms with van der Waals surface area (Å²) in [5.41, 5.74) is 0. The third kappa shape index (κ3) is 0.638. The molecular weight excluding hydrogens is 120 g/mol. The van der Waals surface area contributed by atoms with E-state index >= 15 is 0 Å². The summed E-state index contributed by atoms with van der Waals surface area (Å²) >= 11 is 1.72. The Labute approximate surface area is 51.6 Å². The molecule has 0 aliphatic carbocycles. The molecule has 0 spiro atoms. The van der Waals surface area contributed by atoms with Crippen molar-refractivity contribution < 1.29 is 0 Å². The summed E-state index contributed by atoms with van der Waals surface area (Å²) in [4.78, 5) is 4.13. The highest BCUT2D eigenvalue weighted by atomic mass is 32.1. The van der Waals surface area contributed by atoms with Gasteiger partial charge in [-0.25, -0.2) is 4.98 Å². The van der Waals surface area contributed by atoms with E-state index in [1.54, 1.807) is 11.3 Å². The third-order valence-corrected chi connectivity index (χ3v) is 2.05. The van der Waals surface area contributed by atoms with Gasteiger partial charge in [-0.05, 0) is 0 Å². The van der Waals surface area contributed by atoms with Crippen LogP contribution in [0.5, 0.6) is 0 Å². The largest absolute Gasteiger partial charge is 0.305 e. The van der Waals surface area contributed by atoms with Crippen LogP contribution in [0.15, 0.2) is 11.6 Å². The van der Waals surface area contributed by atoms with E-state index in [-0.39, 0.29) is 0 Å². The minimum atomic E-state index is 0.593. The van der Waals surface area contributed by atoms with Crippen LogP contribution in [0, 0.1) is 0 Å². The van der Waals surface area contributed by atoms with Crippen molar-refractivity contribution >= 4 is 11.3 Å². The predicted octanol–water partition coefficient (Wildman–Crippen LogP) is 0.787. The quantitative estimate of drug-likeness (QED) is 0.564. The predicted molar refractivity (Wildman–Crippen MR) is 32.9 cm³/mol. The first-order chi connectivity index (χ1) is 3.97. The van der Waals surface area contributed by atoms with Crippen LogP contribution in [0.25, 0.3) is 0 Å². The van der Waals surface area contributed by atoms with Gasteiger partial charge in [0.25, 0.3) is 0 Å². The third-order valence-electron chi connectivity index (χ3n) is 1.16. The molecule has 2 rings (SSSR count). The Morgan fingerprint density at radius 1 is 1.88 bits per heavy atom. The second-order valence-electron chi connectivity index (χ2n) is 1.83. The molecular formula is C5H6N2S. The molecule has 1 aliphatic heterocycles. The fourth-order valence-corrected chi connectivity index (χ4v) is 1.35. The summed E-state index contributed by atoms with van der Waals surface area (Å²) in [6.45, 7) is 1.12. The van der Waals surface area contributed by atoms with Crippen molar-refractivity contribution in [2.45, 2.75) is 6.04 Å². The number of rotatable bonds is 1. The molecule has 1 aromatic rings. The summed E-state index contributed by atoms with van der Waals surface area (Å²) in [5.74, 6) is 0. The Hall–Kier alpha value is -0.410. The van der Waals surface area contributed by atoms with Crippen molar-refractivity contribution in [1.82, 2.24) is 10.3 Å². The summed E-state index contributed by atoms with van der Waals surface area (Å²) in [5, 5.41) is 6.42. The van der Waals surface area contributed by atoms with E-state index < -0.39 is 0 Å². The molecule has 0 aromatic carbocycles. The van der Waals surface area contributed by atoms with Gasteiger partial charge in [0, 0.05) is 18.1 Å². The van der Waals surface area contributed by atoms with Gasteiger partial charge in [-0.2, -0.15) is 0 Å². The van der Waals surface area contributed by atoms with Gasteiger partial charge < -0.3 is 5.32 Å². The standard InChI is InChI=1S/C5H6N2S/c1-2-8-5(6-1)4-3-7-4/h1-2,4,7H,3H2/t4-/m0/s1. The number of thiazole rings is 1. The van der Waals surface area contributed by atoms with Crippen LogP contribution in [-0.4, -0.2) is 11.5 Å². The molecule has 0 amide bonds. The molecule has 1 saturated heterocycles. The molecule has 1 aromatic heterocycles. The van der Waals surface area contributed by atoms with Gasteiger partial charge in [-0.15, -0.1) is 11.3 Å². The van der Waals surface area contributed by atoms with Crippen LogP contribution in [0.2, 0.25) is 0 Å². The highest BCUT2D eigenvalue weighted by Gasteiger charge is 2.23. The van der Waals surface area contributed by atoms with E-state index in [0.29, 0.717) is 6.04 Å². The number of aromatic nitrogens is 1. The van der Waals surface area contributed by atoms with E-state index in [1.165, 1.54) is 5.01 Å². The van der Waals surface area contributed by atoms with Crippen molar-refractivity contribution in [3.63, 3.8) is 0 Å². The van der Waals surface area contributed by atoms with Crippen LogP contribution >= 0.6 is 11.3 Å². The molecule has 2 heterocycles. The summed E-state index contributed by atoms with van der Waals surface area (Å²) in [6, 6.07) is 0.593. The van der Waals surface area contributed by atoms with Crippen LogP contribution in [0.3, 0.4) is 0 Å². The lowest BCUT2D eigenvalue weighted by Crippen LogP contribution is -1.78. The van der Waals surface area contributed by atoms with Crippen LogP contribution in [0.4, 0.5) is 0 Å². The first-order valence-corrected chi connectivity index (χ1v) is 3.47. The van der Waals surface area contributed by atoms with Gasteiger partial charge in [0.2, 0.25) is 0 Å². The average molecular weight is 126 g/mol. The second kappa shape index (κ2) is 1.53. The smallest absolute Gasteiger partial charge is 0.111 e. The van der Waals surface area contributed by atoms with E-state index in [2.05, 4.69) is 10.3 Å². The fraction of sp³-hybridized carbons (Fsp3) is 0.400. The van der Waals surface area contributed by atoms with Gasteiger partial charge in [-0.3, -0.25) is 0 Å². The van der Waals surface area contributed by atoms with Gasteiger partial charge in [0.1, 0.15) is 5.01 Å². The molecule has 2 nitrogen and oxygen atoms in total. The van der Waals surface area contributed by atoms with Crippen molar-refractivity contribution in [2.24, 2.45) is 0 Å². The minimum Gasteiger partial charge on any atom is -0.305 e. The second-order valence-corrected chi connectivity index (χ2v) is 2.76. The van der Waals surface area contributed by atoms with E-state index in [9.17, 15) is 0 Å². The zero-order valence-corrected chi connectivity index (χ0v) is 5.11. The summed E-state index contributed by atoms with van der Waals surface area (Å²) in [7, 11) is 0. The van der Waals surface area contributed by atoms with Gasteiger partial charge >= 0.3 is 0 Å². The Bertz CT molecular complexity index is 167. The minimum absolute atomic E-state index is 0.593. The topological polar surface area (TPSA) is 34.8 Å². The SMILES string of the molecule is c1csc([C@@H]2CN2)n1. The first kappa shape index (κ1) is 4.47. The van der Waals surface area contributed by atoms with Crippen molar-refractivity contribution in [3.8, 4) is 0 Å². The van der Waals surface area contributed by atoms with E-state index in [1.807, 2.05) is 11.6 Å². The molecule has 3 heteroatoms. The number of nitrogens with one attached hydrogen (secondary N) is 1. The van der Waals surface area contributed by atoms with Crippen LogP contribution in [0.1, 0.15) is 11.0 Å².